The van der Waals surface area contributed by atoms with Crippen LogP contribution in [0.15, 0.2) is 40.9 Å². The van der Waals surface area contributed by atoms with Crippen LogP contribution < -0.4 is 9.64 Å². The van der Waals surface area contributed by atoms with E-state index in [1.165, 1.54) is 11.3 Å². The molecule has 118 valence electrons. The largest absolute Gasteiger partial charge is 0.496 e. The van der Waals surface area contributed by atoms with Crippen LogP contribution in [-0.2, 0) is 0 Å². The number of aryl methyl sites for hydroxylation is 1. The molecule has 0 aliphatic heterocycles. The molecule has 0 saturated carbocycles. The minimum atomic E-state index is 0.257. The molecular weight excluding hydrogens is 362 g/mol. The minimum absolute atomic E-state index is 0.257. The first kappa shape index (κ1) is 17.2. The molecule has 0 radical (unpaired) electrons. The van der Waals surface area contributed by atoms with Gasteiger partial charge in [-0.2, -0.15) is 0 Å². The molecule has 0 bridgehead atoms. The third-order valence-electron chi connectivity index (χ3n) is 3.94. The summed E-state index contributed by atoms with van der Waals surface area (Å²) < 4.78 is 6.28. The summed E-state index contributed by atoms with van der Waals surface area (Å²) in [5.74, 6) is 0.848. The predicted molar refractivity (Wildman–Crippen MR) is 98.3 cm³/mol. The third-order valence-corrected chi connectivity index (χ3v) is 4.98. The van der Waals surface area contributed by atoms with Crippen molar-refractivity contribution in [3.63, 3.8) is 0 Å². The Morgan fingerprint density at radius 2 is 1.95 bits per heavy atom. The van der Waals surface area contributed by atoms with Gasteiger partial charge >= 0.3 is 0 Å². The van der Waals surface area contributed by atoms with Gasteiger partial charge in [-0.1, -0.05) is 17.7 Å². The molecule has 22 heavy (non-hydrogen) atoms. The summed E-state index contributed by atoms with van der Waals surface area (Å²) in [6.07, 6.45) is 0. The molecule has 1 unspecified atom stereocenters. The second-order valence-corrected chi connectivity index (χ2v) is 6.55. The maximum absolute atomic E-state index is 6.14. The van der Waals surface area contributed by atoms with Crippen LogP contribution in [0.25, 0.3) is 0 Å². The second-order valence-electron chi connectivity index (χ2n) is 5.29. The van der Waals surface area contributed by atoms with E-state index in [1.54, 1.807) is 7.11 Å². The van der Waals surface area contributed by atoms with Crippen molar-refractivity contribution in [2.45, 2.75) is 26.8 Å². The molecule has 0 aliphatic carbocycles. The Hall–Kier alpha value is -1.19. The van der Waals surface area contributed by atoms with Gasteiger partial charge in [0, 0.05) is 17.3 Å². The summed E-state index contributed by atoms with van der Waals surface area (Å²) in [6, 6.07) is 12.7. The van der Waals surface area contributed by atoms with Crippen molar-refractivity contribution in [1.82, 2.24) is 0 Å². The number of benzene rings is 2. The first-order valence-corrected chi connectivity index (χ1v) is 8.51. The van der Waals surface area contributed by atoms with Crippen LogP contribution in [0, 0.1) is 6.92 Å². The van der Waals surface area contributed by atoms with E-state index in [1.807, 2.05) is 19.1 Å². The fraction of sp³-hybridized carbons (Fsp3) is 0.333. The zero-order valence-electron chi connectivity index (χ0n) is 13.4. The van der Waals surface area contributed by atoms with Crippen molar-refractivity contribution in [3.05, 3.63) is 57.0 Å². The summed E-state index contributed by atoms with van der Waals surface area (Å²) >= 11 is 9.70. The van der Waals surface area contributed by atoms with Crippen LogP contribution in [0.4, 0.5) is 5.69 Å². The van der Waals surface area contributed by atoms with E-state index >= 15 is 0 Å². The Labute approximate surface area is 146 Å². The van der Waals surface area contributed by atoms with E-state index in [2.05, 4.69) is 58.9 Å². The summed E-state index contributed by atoms with van der Waals surface area (Å²) in [6.45, 7) is 7.33. The molecule has 2 rings (SSSR count). The second kappa shape index (κ2) is 7.38. The Morgan fingerprint density at radius 3 is 2.50 bits per heavy atom. The Kier molecular flexibility index (Phi) is 5.76. The molecule has 0 aromatic heterocycles. The molecule has 0 heterocycles. The maximum Gasteiger partial charge on any atom is 0.133 e. The molecule has 4 heteroatoms. The van der Waals surface area contributed by atoms with Crippen molar-refractivity contribution < 1.29 is 4.74 Å². The average molecular weight is 383 g/mol. The lowest BCUT2D eigenvalue weighted by Crippen LogP contribution is -2.26. The van der Waals surface area contributed by atoms with Crippen molar-refractivity contribution in [2.24, 2.45) is 0 Å². The van der Waals surface area contributed by atoms with Gasteiger partial charge in [0.25, 0.3) is 0 Å². The number of ether oxygens (including phenoxy) is 1. The van der Waals surface area contributed by atoms with Crippen LogP contribution >= 0.6 is 27.5 Å². The summed E-state index contributed by atoms with van der Waals surface area (Å²) in [5.41, 5.74) is 3.52. The number of rotatable bonds is 5. The number of anilines is 1. The van der Waals surface area contributed by atoms with E-state index in [0.717, 1.165) is 27.4 Å². The van der Waals surface area contributed by atoms with E-state index in [9.17, 15) is 0 Å². The molecule has 2 nitrogen and oxygen atoms in total. The molecule has 0 fully saturated rings. The molecule has 0 spiro atoms. The quantitative estimate of drug-likeness (QED) is 0.628. The highest BCUT2D eigenvalue weighted by atomic mass is 79.9. The Balaban J connectivity index is 2.33. The van der Waals surface area contributed by atoms with Gasteiger partial charge in [-0.15, -0.1) is 0 Å². The van der Waals surface area contributed by atoms with Gasteiger partial charge in [0.2, 0.25) is 0 Å². The minimum Gasteiger partial charge on any atom is -0.496 e. The van der Waals surface area contributed by atoms with E-state index in [4.69, 9.17) is 16.3 Å². The zero-order valence-corrected chi connectivity index (χ0v) is 15.7. The smallest absolute Gasteiger partial charge is 0.133 e. The highest BCUT2D eigenvalue weighted by molar-refractivity contribution is 9.10. The normalized spacial score (nSPS) is 12.1. The number of halogens is 2. The van der Waals surface area contributed by atoms with Gasteiger partial charge in [0.1, 0.15) is 5.75 Å². The molecule has 1 atom stereocenters. The number of hydrogen-bond acceptors (Lipinski definition) is 2. The van der Waals surface area contributed by atoms with Crippen LogP contribution in [0.1, 0.15) is 31.0 Å². The maximum atomic E-state index is 6.14. The molecule has 2 aromatic rings. The molecular formula is C18H21BrClNO. The fourth-order valence-electron chi connectivity index (χ4n) is 2.61. The van der Waals surface area contributed by atoms with Gasteiger partial charge in [-0.25, -0.2) is 0 Å². The standard InChI is InChI=1S/C18H21BrClNO/c1-5-21(15-7-8-17(20)12(2)10-15)13(3)14-6-9-18(22-4)16(19)11-14/h6-11,13H,5H2,1-4H3. The monoisotopic (exact) mass is 381 g/mol. The van der Waals surface area contributed by atoms with E-state index in [0.29, 0.717) is 0 Å². The lowest BCUT2D eigenvalue weighted by atomic mass is 10.1. The predicted octanol–water partition coefficient (Wildman–Crippen LogP) is 6.01. The molecule has 0 saturated heterocycles. The number of hydrogen-bond donors (Lipinski definition) is 0. The van der Waals surface area contributed by atoms with Gasteiger partial charge in [-0.05, 0) is 78.2 Å². The van der Waals surface area contributed by atoms with Crippen molar-refractivity contribution in [2.75, 3.05) is 18.6 Å². The fourth-order valence-corrected chi connectivity index (χ4v) is 3.29. The number of nitrogens with zero attached hydrogens (tertiary/aromatic N) is 1. The summed E-state index contributed by atoms with van der Waals surface area (Å²) in [4.78, 5) is 2.36. The van der Waals surface area contributed by atoms with Crippen molar-refractivity contribution in [1.29, 1.82) is 0 Å². The molecule has 0 amide bonds. The van der Waals surface area contributed by atoms with Crippen LogP contribution in [0.5, 0.6) is 5.75 Å². The zero-order chi connectivity index (χ0) is 16.3. The van der Waals surface area contributed by atoms with Crippen LogP contribution in [0.2, 0.25) is 5.02 Å². The summed E-state index contributed by atoms with van der Waals surface area (Å²) in [7, 11) is 1.68. The highest BCUT2D eigenvalue weighted by Crippen LogP contribution is 2.33. The lowest BCUT2D eigenvalue weighted by molar-refractivity contribution is 0.412. The van der Waals surface area contributed by atoms with Crippen molar-refractivity contribution >= 4 is 33.2 Å². The third kappa shape index (κ3) is 3.58. The molecule has 0 aliphatic rings. The van der Waals surface area contributed by atoms with Gasteiger partial charge in [0.05, 0.1) is 17.6 Å². The SMILES string of the molecule is CCN(c1ccc(Cl)c(C)c1)C(C)c1ccc(OC)c(Br)c1. The van der Waals surface area contributed by atoms with Gasteiger partial charge < -0.3 is 9.64 Å². The molecule has 0 N–H and O–H groups in total. The van der Waals surface area contributed by atoms with Crippen LogP contribution in [-0.4, -0.2) is 13.7 Å². The van der Waals surface area contributed by atoms with Gasteiger partial charge in [-0.3, -0.25) is 0 Å². The molecule has 2 aromatic carbocycles. The Bertz CT molecular complexity index is 660. The van der Waals surface area contributed by atoms with Crippen molar-refractivity contribution in [3.8, 4) is 5.75 Å². The number of methoxy groups -OCH3 is 1. The first-order chi connectivity index (χ1) is 10.5. The first-order valence-electron chi connectivity index (χ1n) is 7.34. The topological polar surface area (TPSA) is 12.5 Å². The lowest BCUT2D eigenvalue weighted by Gasteiger charge is -2.31. The van der Waals surface area contributed by atoms with E-state index in [-0.39, 0.29) is 6.04 Å². The van der Waals surface area contributed by atoms with Gasteiger partial charge in [0.15, 0.2) is 0 Å². The van der Waals surface area contributed by atoms with Crippen LogP contribution in [0.3, 0.4) is 0 Å². The van der Waals surface area contributed by atoms with E-state index < -0.39 is 0 Å². The highest BCUT2D eigenvalue weighted by Gasteiger charge is 2.16. The average Bonchev–Trinajstić information content (AvgIpc) is 2.51. The summed E-state index contributed by atoms with van der Waals surface area (Å²) in [5, 5.41) is 0.805. The Morgan fingerprint density at radius 1 is 1.23 bits per heavy atom.